The Balaban J connectivity index is 2.00. The van der Waals surface area contributed by atoms with Gasteiger partial charge in [-0.3, -0.25) is 9.97 Å². The summed E-state index contributed by atoms with van der Waals surface area (Å²) in [4.78, 5) is 12.2. The first-order chi connectivity index (χ1) is 14.2. The molecule has 0 aliphatic heterocycles. The molecule has 0 amide bonds. The summed E-state index contributed by atoms with van der Waals surface area (Å²) in [6.07, 6.45) is 14.3. The summed E-state index contributed by atoms with van der Waals surface area (Å²) in [5.74, 6) is 0.793. The van der Waals surface area contributed by atoms with Crippen molar-refractivity contribution in [2.75, 3.05) is 30.4 Å². The van der Waals surface area contributed by atoms with Gasteiger partial charge in [0.25, 0.3) is 0 Å². The second kappa shape index (κ2) is 10.6. The minimum Gasteiger partial charge on any atom is -0.387 e. The van der Waals surface area contributed by atoms with E-state index in [1.165, 1.54) is 54.6 Å². The number of pyridine rings is 2. The van der Waals surface area contributed by atoms with Crippen molar-refractivity contribution in [3.8, 4) is 11.1 Å². The lowest BCUT2D eigenvalue weighted by molar-refractivity contribution is 0.354. The van der Waals surface area contributed by atoms with Crippen LogP contribution in [0.25, 0.3) is 11.1 Å². The summed E-state index contributed by atoms with van der Waals surface area (Å²) in [6.45, 7) is 8.80. The van der Waals surface area contributed by atoms with E-state index in [0.717, 1.165) is 49.7 Å². The third-order valence-electron chi connectivity index (χ3n) is 6.17. The van der Waals surface area contributed by atoms with Gasteiger partial charge in [-0.2, -0.15) is 0 Å². The number of hydrogen-bond donors (Lipinski definition) is 1. The number of nitrogens with one attached hydrogen (secondary N) is 1. The van der Waals surface area contributed by atoms with Gasteiger partial charge in [-0.05, 0) is 44.2 Å². The molecule has 4 nitrogen and oxygen atoms in total. The maximum Gasteiger partial charge on any atom is 0.0639 e. The number of anilines is 2. The van der Waals surface area contributed by atoms with Crippen LogP contribution in [0.4, 0.5) is 11.4 Å². The molecule has 0 spiro atoms. The van der Waals surface area contributed by atoms with Crippen molar-refractivity contribution >= 4 is 11.4 Å². The molecule has 2 heterocycles. The van der Waals surface area contributed by atoms with Crippen molar-refractivity contribution < 1.29 is 0 Å². The lowest BCUT2D eigenvalue weighted by Gasteiger charge is -2.29. The normalized spacial score (nSPS) is 14.8. The lowest BCUT2D eigenvalue weighted by atomic mass is 9.85. The summed E-state index contributed by atoms with van der Waals surface area (Å²) >= 11 is 0. The molecule has 2 aromatic rings. The van der Waals surface area contributed by atoms with Crippen LogP contribution in [0.1, 0.15) is 70.2 Å². The molecule has 1 fully saturated rings. The van der Waals surface area contributed by atoms with Crippen molar-refractivity contribution in [1.82, 2.24) is 9.97 Å². The molecule has 0 saturated heterocycles. The van der Waals surface area contributed by atoms with Crippen LogP contribution in [-0.2, 0) is 6.42 Å². The predicted molar refractivity (Wildman–Crippen MR) is 125 cm³/mol. The SMILES string of the molecule is CCCN(CCC)c1cc(-c2cc(NC)cnc2C)cnc1CC1CCCCC1. The van der Waals surface area contributed by atoms with Crippen molar-refractivity contribution in [3.05, 3.63) is 35.9 Å². The highest BCUT2D eigenvalue weighted by molar-refractivity contribution is 5.73. The minimum absolute atomic E-state index is 0.793. The summed E-state index contributed by atoms with van der Waals surface area (Å²) < 4.78 is 0. The lowest BCUT2D eigenvalue weighted by Crippen LogP contribution is -2.27. The quantitative estimate of drug-likeness (QED) is 0.546. The molecular formula is C25H38N4. The minimum atomic E-state index is 0.793. The Morgan fingerprint density at radius 2 is 1.72 bits per heavy atom. The number of aryl methyl sites for hydroxylation is 1. The van der Waals surface area contributed by atoms with Crippen molar-refractivity contribution in [3.63, 3.8) is 0 Å². The molecule has 0 radical (unpaired) electrons. The number of hydrogen-bond acceptors (Lipinski definition) is 4. The Kier molecular flexibility index (Phi) is 7.91. The van der Waals surface area contributed by atoms with Crippen LogP contribution in [0.15, 0.2) is 24.5 Å². The van der Waals surface area contributed by atoms with Crippen molar-refractivity contribution in [2.24, 2.45) is 5.92 Å². The monoisotopic (exact) mass is 394 g/mol. The smallest absolute Gasteiger partial charge is 0.0639 e. The summed E-state index contributed by atoms with van der Waals surface area (Å²) in [5, 5.41) is 3.21. The summed E-state index contributed by atoms with van der Waals surface area (Å²) in [5.41, 5.74) is 7.06. The van der Waals surface area contributed by atoms with Crippen molar-refractivity contribution in [2.45, 2.75) is 72.1 Å². The second-order valence-corrected chi connectivity index (χ2v) is 8.49. The fraction of sp³-hybridized carbons (Fsp3) is 0.600. The molecule has 1 saturated carbocycles. The van der Waals surface area contributed by atoms with Gasteiger partial charge in [-0.1, -0.05) is 46.0 Å². The average Bonchev–Trinajstić information content (AvgIpc) is 2.75. The molecular weight excluding hydrogens is 356 g/mol. The van der Waals surface area contributed by atoms with E-state index in [1.807, 2.05) is 13.2 Å². The fourth-order valence-corrected chi connectivity index (χ4v) is 4.58. The van der Waals surface area contributed by atoms with Gasteiger partial charge in [0, 0.05) is 43.2 Å². The molecule has 4 heteroatoms. The first-order valence-corrected chi connectivity index (χ1v) is 11.5. The fourth-order valence-electron chi connectivity index (χ4n) is 4.58. The maximum atomic E-state index is 5.04. The maximum absolute atomic E-state index is 5.04. The van der Waals surface area contributed by atoms with Crippen LogP contribution in [0.5, 0.6) is 0 Å². The highest BCUT2D eigenvalue weighted by Gasteiger charge is 2.20. The van der Waals surface area contributed by atoms with E-state index in [2.05, 4.69) is 54.3 Å². The number of nitrogens with zero attached hydrogens (tertiary/aromatic N) is 3. The Morgan fingerprint density at radius 1 is 1.00 bits per heavy atom. The Hall–Kier alpha value is -2.10. The van der Waals surface area contributed by atoms with Gasteiger partial charge in [-0.25, -0.2) is 0 Å². The third-order valence-corrected chi connectivity index (χ3v) is 6.17. The summed E-state index contributed by atoms with van der Waals surface area (Å²) in [6, 6.07) is 4.56. The highest BCUT2D eigenvalue weighted by Crippen LogP contribution is 2.33. The van der Waals surface area contributed by atoms with E-state index < -0.39 is 0 Å². The van der Waals surface area contributed by atoms with Gasteiger partial charge in [0.05, 0.1) is 23.3 Å². The Morgan fingerprint density at radius 3 is 2.38 bits per heavy atom. The standard InChI is InChI=1S/C25H38N4/c1-5-12-29(13-6-2)25-15-21(23-16-22(26-4)18-27-19(23)3)17-28-24(25)14-20-10-8-7-9-11-20/h15-18,20,26H,5-14H2,1-4H3. The molecule has 2 aromatic heterocycles. The van der Waals surface area contributed by atoms with Gasteiger partial charge in [0.1, 0.15) is 0 Å². The molecule has 1 aliphatic rings. The van der Waals surface area contributed by atoms with Crippen LogP contribution in [0.3, 0.4) is 0 Å². The molecule has 3 rings (SSSR count). The van der Waals surface area contributed by atoms with Crippen LogP contribution in [0, 0.1) is 12.8 Å². The Bertz CT molecular complexity index is 774. The molecule has 1 N–H and O–H groups in total. The van der Waals surface area contributed by atoms with Crippen LogP contribution in [0.2, 0.25) is 0 Å². The van der Waals surface area contributed by atoms with E-state index in [4.69, 9.17) is 4.98 Å². The molecule has 1 aliphatic carbocycles. The Labute approximate surface area is 177 Å². The third kappa shape index (κ3) is 5.49. The van der Waals surface area contributed by atoms with Gasteiger partial charge in [0.2, 0.25) is 0 Å². The molecule has 0 unspecified atom stereocenters. The highest BCUT2D eigenvalue weighted by atomic mass is 15.1. The zero-order valence-electron chi connectivity index (χ0n) is 18.8. The average molecular weight is 395 g/mol. The first kappa shape index (κ1) is 21.6. The van der Waals surface area contributed by atoms with E-state index in [0.29, 0.717) is 0 Å². The summed E-state index contributed by atoms with van der Waals surface area (Å²) in [7, 11) is 1.94. The topological polar surface area (TPSA) is 41.0 Å². The van der Waals surface area contributed by atoms with Crippen LogP contribution < -0.4 is 10.2 Å². The van der Waals surface area contributed by atoms with Crippen LogP contribution >= 0.6 is 0 Å². The molecule has 158 valence electrons. The van der Waals surface area contributed by atoms with Gasteiger partial charge >= 0.3 is 0 Å². The van der Waals surface area contributed by atoms with E-state index in [1.54, 1.807) is 0 Å². The van der Waals surface area contributed by atoms with Crippen LogP contribution in [-0.4, -0.2) is 30.1 Å². The van der Waals surface area contributed by atoms with E-state index in [-0.39, 0.29) is 0 Å². The zero-order chi connectivity index (χ0) is 20.6. The molecule has 0 aromatic carbocycles. The number of rotatable bonds is 9. The zero-order valence-corrected chi connectivity index (χ0v) is 18.8. The van der Waals surface area contributed by atoms with Gasteiger partial charge in [-0.15, -0.1) is 0 Å². The first-order valence-electron chi connectivity index (χ1n) is 11.5. The number of aromatic nitrogens is 2. The van der Waals surface area contributed by atoms with Gasteiger partial charge in [0.15, 0.2) is 0 Å². The second-order valence-electron chi connectivity index (χ2n) is 8.49. The largest absolute Gasteiger partial charge is 0.387 e. The molecule has 0 bridgehead atoms. The molecule has 29 heavy (non-hydrogen) atoms. The van der Waals surface area contributed by atoms with Crippen molar-refractivity contribution in [1.29, 1.82) is 0 Å². The predicted octanol–water partition coefficient (Wildman–Crippen LogP) is 6.24. The van der Waals surface area contributed by atoms with E-state index in [9.17, 15) is 0 Å². The van der Waals surface area contributed by atoms with Gasteiger partial charge < -0.3 is 10.2 Å². The van der Waals surface area contributed by atoms with E-state index >= 15 is 0 Å². The molecule has 0 atom stereocenters.